The third kappa shape index (κ3) is 5.09. The number of benzene rings is 2. The number of anilines is 1. The van der Waals surface area contributed by atoms with Gasteiger partial charge in [-0.2, -0.15) is 5.26 Å². The number of rotatable bonds is 7. The second-order valence-electron chi connectivity index (χ2n) is 5.35. The van der Waals surface area contributed by atoms with Crippen LogP contribution in [-0.4, -0.2) is 30.7 Å². The maximum Gasteiger partial charge on any atom is 0.335 e. The largest absolute Gasteiger partial charge is 0.493 e. The molecule has 27 heavy (non-hydrogen) atoms. The van der Waals surface area contributed by atoms with E-state index in [1.807, 2.05) is 13.0 Å². The number of nitrogens with zero attached hydrogens (tertiary/aromatic N) is 1. The summed E-state index contributed by atoms with van der Waals surface area (Å²) in [6, 6.07) is 12.6. The van der Waals surface area contributed by atoms with Gasteiger partial charge >= 0.3 is 5.97 Å². The van der Waals surface area contributed by atoms with Gasteiger partial charge in [0.1, 0.15) is 11.6 Å². The van der Waals surface area contributed by atoms with Crippen molar-refractivity contribution in [3.05, 3.63) is 59.2 Å². The third-order valence-electron chi connectivity index (χ3n) is 3.55. The number of nitrogens with one attached hydrogen (secondary N) is 1. The van der Waals surface area contributed by atoms with Crippen molar-refractivity contribution >= 4 is 23.6 Å². The fourth-order valence-corrected chi connectivity index (χ4v) is 2.26. The minimum atomic E-state index is -1.06. The number of methoxy groups -OCH3 is 1. The van der Waals surface area contributed by atoms with E-state index in [0.717, 1.165) is 0 Å². The Bertz CT molecular complexity index is 911. The number of aromatic carboxylic acids is 1. The highest BCUT2D eigenvalue weighted by Crippen LogP contribution is 2.29. The molecule has 0 bridgehead atoms. The molecule has 138 valence electrons. The Balaban J connectivity index is 2.22. The van der Waals surface area contributed by atoms with Crippen molar-refractivity contribution in [2.24, 2.45) is 0 Å². The number of nitriles is 1. The van der Waals surface area contributed by atoms with E-state index in [2.05, 4.69) is 5.32 Å². The Hall–Kier alpha value is -3.79. The molecule has 0 aromatic heterocycles. The maximum atomic E-state index is 12.3. The van der Waals surface area contributed by atoms with E-state index in [9.17, 15) is 14.9 Å². The predicted molar refractivity (Wildman–Crippen MR) is 99.8 cm³/mol. The van der Waals surface area contributed by atoms with E-state index >= 15 is 0 Å². The van der Waals surface area contributed by atoms with Crippen molar-refractivity contribution in [1.82, 2.24) is 0 Å². The summed E-state index contributed by atoms with van der Waals surface area (Å²) in [5.41, 5.74) is 0.985. The van der Waals surface area contributed by atoms with E-state index in [-0.39, 0.29) is 11.1 Å². The van der Waals surface area contributed by atoms with Crippen LogP contribution >= 0.6 is 0 Å². The van der Waals surface area contributed by atoms with Gasteiger partial charge in [-0.1, -0.05) is 6.07 Å². The molecule has 7 nitrogen and oxygen atoms in total. The summed E-state index contributed by atoms with van der Waals surface area (Å²) in [4.78, 5) is 23.2. The first kappa shape index (κ1) is 19.5. The van der Waals surface area contributed by atoms with E-state index in [0.29, 0.717) is 29.4 Å². The van der Waals surface area contributed by atoms with Gasteiger partial charge in [-0.15, -0.1) is 0 Å². The van der Waals surface area contributed by atoms with Crippen molar-refractivity contribution < 1.29 is 24.2 Å². The molecule has 0 unspecified atom stereocenters. The van der Waals surface area contributed by atoms with Crippen LogP contribution in [0.25, 0.3) is 6.08 Å². The number of amides is 1. The van der Waals surface area contributed by atoms with Crippen LogP contribution in [0.5, 0.6) is 11.5 Å². The predicted octanol–water partition coefficient (Wildman–Crippen LogP) is 3.34. The molecule has 0 spiro atoms. The van der Waals surface area contributed by atoms with Gasteiger partial charge in [0.05, 0.1) is 19.3 Å². The Morgan fingerprint density at radius 2 is 1.89 bits per heavy atom. The molecule has 7 heteroatoms. The Morgan fingerprint density at radius 3 is 2.44 bits per heavy atom. The summed E-state index contributed by atoms with van der Waals surface area (Å²) in [5, 5.41) is 20.8. The molecule has 0 aliphatic heterocycles. The highest BCUT2D eigenvalue weighted by molar-refractivity contribution is 6.09. The number of carboxylic acid groups (broad SMARTS) is 1. The number of hydrogen-bond acceptors (Lipinski definition) is 5. The highest BCUT2D eigenvalue weighted by Gasteiger charge is 2.12. The Labute approximate surface area is 156 Å². The van der Waals surface area contributed by atoms with Gasteiger partial charge in [-0.05, 0) is 55.0 Å². The SMILES string of the molecule is CCOc1cc(C=C(C#N)C(=O)Nc2ccc(C(=O)O)cc2)ccc1OC. The van der Waals surface area contributed by atoms with Crippen LogP contribution in [0.4, 0.5) is 5.69 Å². The molecule has 2 rings (SSSR count). The second-order valence-corrected chi connectivity index (χ2v) is 5.35. The number of carboxylic acids is 1. The van der Waals surface area contributed by atoms with Crippen LogP contribution in [0.15, 0.2) is 48.0 Å². The summed E-state index contributed by atoms with van der Waals surface area (Å²) in [5.74, 6) is -0.601. The first-order valence-corrected chi connectivity index (χ1v) is 8.05. The Kier molecular flexibility index (Phi) is 6.55. The number of hydrogen-bond donors (Lipinski definition) is 2. The number of ether oxygens (including phenoxy) is 2. The van der Waals surface area contributed by atoms with Crippen LogP contribution in [-0.2, 0) is 4.79 Å². The summed E-state index contributed by atoms with van der Waals surface area (Å²) in [6.45, 7) is 2.28. The van der Waals surface area contributed by atoms with E-state index in [1.165, 1.54) is 37.5 Å². The van der Waals surface area contributed by atoms with Gasteiger partial charge in [0.2, 0.25) is 0 Å². The average Bonchev–Trinajstić information content (AvgIpc) is 2.67. The van der Waals surface area contributed by atoms with E-state index < -0.39 is 11.9 Å². The van der Waals surface area contributed by atoms with Gasteiger partial charge in [0.15, 0.2) is 11.5 Å². The highest BCUT2D eigenvalue weighted by atomic mass is 16.5. The number of carbonyl (C=O) groups is 2. The van der Waals surface area contributed by atoms with Crippen LogP contribution in [0, 0.1) is 11.3 Å². The van der Waals surface area contributed by atoms with Gasteiger partial charge in [-0.25, -0.2) is 4.79 Å². The smallest absolute Gasteiger partial charge is 0.335 e. The van der Waals surface area contributed by atoms with Crippen molar-refractivity contribution in [2.45, 2.75) is 6.92 Å². The lowest BCUT2D eigenvalue weighted by molar-refractivity contribution is -0.112. The van der Waals surface area contributed by atoms with E-state index in [4.69, 9.17) is 14.6 Å². The molecule has 0 aliphatic rings. The van der Waals surface area contributed by atoms with Crippen LogP contribution in [0.1, 0.15) is 22.8 Å². The lowest BCUT2D eigenvalue weighted by Crippen LogP contribution is -2.13. The van der Waals surface area contributed by atoms with Crippen LogP contribution < -0.4 is 14.8 Å². The summed E-state index contributed by atoms with van der Waals surface area (Å²) < 4.78 is 10.7. The van der Waals surface area contributed by atoms with E-state index in [1.54, 1.807) is 18.2 Å². The fraction of sp³-hybridized carbons (Fsp3) is 0.150. The zero-order chi connectivity index (χ0) is 19.8. The summed E-state index contributed by atoms with van der Waals surface area (Å²) in [6.07, 6.45) is 1.43. The molecular weight excluding hydrogens is 348 g/mol. The van der Waals surface area contributed by atoms with Gasteiger partial charge in [-0.3, -0.25) is 4.79 Å². The molecule has 0 heterocycles. The monoisotopic (exact) mass is 366 g/mol. The van der Waals surface area contributed by atoms with Crippen LogP contribution in [0.2, 0.25) is 0 Å². The van der Waals surface area contributed by atoms with Gasteiger partial charge in [0.25, 0.3) is 5.91 Å². The molecule has 0 saturated carbocycles. The molecule has 2 aromatic carbocycles. The molecule has 2 aromatic rings. The minimum Gasteiger partial charge on any atom is -0.493 e. The maximum absolute atomic E-state index is 12.3. The molecule has 0 aliphatic carbocycles. The zero-order valence-electron chi connectivity index (χ0n) is 14.9. The van der Waals surface area contributed by atoms with Gasteiger partial charge in [0, 0.05) is 5.69 Å². The molecule has 0 radical (unpaired) electrons. The van der Waals surface area contributed by atoms with Crippen molar-refractivity contribution in [3.63, 3.8) is 0 Å². The fourth-order valence-electron chi connectivity index (χ4n) is 2.26. The summed E-state index contributed by atoms with van der Waals surface area (Å²) in [7, 11) is 1.52. The van der Waals surface area contributed by atoms with Crippen molar-refractivity contribution in [1.29, 1.82) is 5.26 Å². The zero-order valence-corrected chi connectivity index (χ0v) is 14.9. The standard InChI is InChI=1S/C20H18N2O5/c1-3-27-18-11-13(4-9-17(18)26-2)10-15(12-21)19(23)22-16-7-5-14(6-8-16)20(24)25/h4-11H,3H2,1-2H3,(H,22,23)(H,24,25). The number of carbonyl (C=O) groups excluding carboxylic acids is 1. The first-order valence-electron chi connectivity index (χ1n) is 8.05. The lowest BCUT2D eigenvalue weighted by atomic mass is 10.1. The first-order chi connectivity index (χ1) is 13.0. The molecule has 0 atom stereocenters. The second kappa shape index (κ2) is 9.06. The quantitative estimate of drug-likeness (QED) is 0.575. The molecule has 1 amide bonds. The third-order valence-corrected chi connectivity index (χ3v) is 3.55. The summed E-state index contributed by atoms with van der Waals surface area (Å²) >= 11 is 0. The van der Waals surface area contributed by atoms with Gasteiger partial charge < -0.3 is 19.9 Å². The lowest BCUT2D eigenvalue weighted by Gasteiger charge is -2.10. The average molecular weight is 366 g/mol. The van der Waals surface area contributed by atoms with Crippen molar-refractivity contribution in [3.8, 4) is 17.6 Å². The molecule has 0 fully saturated rings. The topological polar surface area (TPSA) is 109 Å². The van der Waals surface area contributed by atoms with Crippen molar-refractivity contribution in [2.75, 3.05) is 19.0 Å². The Morgan fingerprint density at radius 1 is 1.19 bits per heavy atom. The molecule has 2 N–H and O–H groups in total. The molecular formula is C20H18N2O5. The normalized spacial score (nSPS) is 10.6. The molecule has 0 saturated heterocycles. The van der Waals surface area contributed by atoms with Crippen LogP contribution in [0.3, 0.4) is 0 Å². The minimum absolute atomic E-state index is 0.103.